The predicted molar refractivity (Wildman–Crippen MR) is 78.4 cm³/mol. The Hall–Kier alpha value is -1.19. The number of carbonyl (C=O) groups is 1. The highest BCUT2D eigenvalue weighted by Crippen LogP contribution is 2.23. The van der Waals surface area contributed by atoms with Gasteiger partial charge in [0, 0.05) is 32.2 Å². The Labute approximate surface area is 116 Å². The quantitative estimate of drug-likeness (QED) is 0.771. The largest absolute Gasteiger partial charge is 0.302 e. The molecule has 1 fully saturated rings. The molecule has 19 heavy (non-hydrogen) atoms. The second-order valence-corrected chi connectivity index (χ2v) is 5.97. The fraction of sp³-hybridized carbons (Fsp3) is 0.562. The second-order valence-electron chi connectivity index (χ2n) is 5.97. The average Bonchev–Trinajstić information content (AvgIpc) is 2.44. The maximum Gasteiger partial charge on any atom is 0.131 e. The van der Waals surface area contributed by atoms with Gasteiger partial charge in [0.05, 0.1) is 5.41 Å². The van der Waals surface area contributed by atoms with Gasteiger partial charge in [-0.1, -0.05) is 30.3 Å². The van der Waals surface area contributed by atoms with E-state index in [0.717, 1.165) is 38.0 Å². The van der Waals surface area contributed by atoms with Gasteiger partial charge in [0.25, 0.3) is 0 Å². The first-order valence-corrected chi connectivity index (χ1v) is 6.99. The summed E-state index contributed by atoms with van der Waals surface area (Å²) >= 11 is 0. The Balaban J connectivity index is 2.09. The summed E-state index contributed by atoms with van der Waals surface area (Å²) < 4.78 is 0. The molecule has 0 bridgehead atoms. The van der Waals surface area contributed by atoms with Crippen LogP contribution in [0, 0.1) is 0 Å². The summed E-state index contributed by atoms with van der Waals surface area (Å²) in [5.74, 6) is 0. The standard InChI is InChI=1S/C16H24N2O/c1-14-11-18(10-9-17(14)3)12-16(2,13-19)15-7-5-4-6-8-15/h4-8,13-14H,9-12H2,1-3H3. The third kappa shape index (κ3) is 3.23. The molecule has 2 unspecified atom stereocenters. The van der Waals surface area contributed by atoms with Crippen molar-refractivity contribution < 1.29 is 4.79 Å². The lowest BCUT2D eigenvalue weighted by Crippen LogP contribution is -2.53. The van der Waals surface area contributed by atoms with Crippen LogP contribution in [0.25, 0.3) is 0 Å². The van der Waals surface area contributed by atoms with Gasteiger partial charge < -0.3 is 9.69 Å². The van der Waals surface area contributed by atoms with Crippen molar-refractivity contribution in [3.8, 4) is 0 Å². The molecule has 3 heteroatoms. The van der Waals surface area contributed by atoms with E-state index in [2.05, 4.69) is 23.8 Å². The number of benzene rings is 1. The van der Waals surface area contributed by atoms with Crippen LogP contribution in [-0.2, 0) is 10.2 Å². The van der Waals surface area contributed by atoms with Crippen LogP contribution in [0.4, 0.5) is 0 Å². The van der Waals surface area contributed by atoms with Gasteiger partial charge in [-0.05, 0) is 26.5 Å². The summed E-state index contributed by atoms with van der Waals surface area (Å²) in [4.78, 5) is 16.4. The zero-order valence-electron chi connectivity index (χ0n) is 12.2. The molecule has 104 valence electrons. The monoisotopic (exact) mass is 260 g/mol. The van der Waals surface area contributed by atoms with E-state index in [1.807, 2.05) is 37.3 Å². The molecule has 1 saturated heterocycles. The molecule has 2 atom stereocenters. The van der Waals surface area contributed by atoms with Crippen LogP contribution in [0.5, 0.6) is 0 Å². The molecule has 1 aliphatic rings. The number of likely N-dealkylation sites (N-methyl/N-ethyl adjacent to an activating group) is 1. The normalized spacial score (nSPS) is 24.9. The van der Waals surface area contributed by atoms with Crippen molar-refractivity contribution in [1.29, 1.82) is 0 Å². The van der Waals surface area contributed by atoms with E-state index in [0.29, 0.717) is 6.04 Å². The number of piperazine rings is 1. The summed E-state index contributed by atoms with van der Waals surface area (Å²) in [5.41, 5.74) is 0.702. The fourth-order valence-corrected chi connectivity index (χ4v) is 2.75. The Morgan fingerprint density at radius 3 is 2.58 bits per heavy atom. The lowest BCUT2D eigenvalue weighted by atomic mass is 9.83. The number of hydrogen-bond donors (Lipinski definition) is 0. The molecule has 1 aromatic rings. The maximum absolute atomic E-state index is 11.6. The number of aldehydes is 1. The van der Waals surface area contributed by atoms with E-state index in [1.165, 1.54) is 0 Å². The van der Waals surface area contributed by atoms with Crippen molar-refractivity contribution >= 4 is 6.29 Å². The molecule has 0 aliphatic carbocycles. The second kappa shape index (κ2) is 5.85. The van der Waals surface area contributed by atoms with E-state index in [4.69, 9.17) is 0 Å². The van der Waals surface area contributed by atoms with Gasteiger partial charge in [0.1, 0.15) is 6.29 Å². The van der Waals surface area contributed by atoms with E-state index in [1.54, 1.807) is 0 Å². The minimum atomic E-state index is -0.406. The van der Waals surface area contributed by atoms with Gasteiger partial charge in [-0.25, -0.2) is 0 Å². The summed E-state index contributed by atoms with van der Waals surface area (Å²) in [5, 5.41) is 0. The first kappa shape index (κ1) is 14.2. The van der Waals surface area contributed by atoms with E-state index in [9.17, 15) is 4.79 Å². The fourth-order valence-electron chi connectivity index (χ4n) is 2.75. The number of hydrogen-bond acceptors (Lipinski definition) is 3. The molecule has 1 aliphatic heterocycles. The van der Waals surface area contributed by atoms with Crippen molar-refractivity contribution in [2.75, 3.05) is 33.2 Å². The molecular weight excluding hydrogens is 236 g/mol. The van der Waals surface area contributed by atoms with Crippen LogP contribution in [0.3, 0.4) is 0 Å². The van der Waals surface area contributed by atoms with Crippen molar-refractivity contribution in [2.45, 2.75) is 25.3 Å². The highest BCUT2D eigenvalue weighted by Gasteiger charge is 2.31. The third-order valence-corrected chi connectivity index (χ3v) is 4.29. The molecular formula is C16H24N2O. The first-order valence-electron chi connectivity index (χ1n) is 6.99. The highest BCUT2D eigenvalue weighted by molar-refractivity contribution is 5.68. The summed E-state index contributed by atoms with van der Waals surface area (Å²) in [6, 6.07) is 10.7. The van der Waals surface area contributed by atoms with Gasteiger partial charge in [-0.15, -0.1) is 0 Å². The molecule has 0 spiro atoms. The topological polar surface area (TPSA) is 23.6 Å². The van der Waals surface area contributed by atoms with E-state index < -0.39 is 5.41 Å². The lowest BCUT2D eigenvalue weighted by molar-refractivity contribution is -0.113. The van der Waals surface area contributed by atoms with Gasteiger partial charge >= 0.3 is 0 Å². The van der Waals surface area contributed by atoms with Gasteiger partial charge in [-0.2, -0.15) is 0 Å². The number of carbonyl (C=O) groups excluding carboxylic acids is 1. The number of rotatable bonds is 4. The maximum atomic E-state index is 11.6. The van der Waals surface area contributed by atoms with Crippen LogP contribution in [-0.4, -0.2) is 55.4 Å². The SMILES string of the molecule is CC1CN(CC(C)(C=O)c2ccccc2)CCN1C. The van der Waals surface area contributed by atoms with Crippen molar-refractivity contribution in [1.82, 2.24) is 9.80 Å². The Bertz CT molecular complexity index is 420. The summed E-state index contributed by atoms with van der Waals surface area (Å²) in [6.07, 6.45) is 1.10. The minimum absolute atomic E-state index is 0.406. The smallest absolute Gasteiger partial charge is 0.131 e. The lowest BCUT2D eigenvalue weighted by Gasteiger charge is -2.40. The first-order chi connectivity index (χ1) is 9.05. The van der Waals surface area contributed by atoms with Crippen LogP contribution in [0.15, 0.2) is 30.3 Å². The average molecular weight is 260 g/mol. The van der Waals surface area contributed by atoms with Gasteiger partial charge in [-0.3, -0.25) is 4.90 Å². The third-order valence-electron chi connectivity index (χ3n) is 4.29. The number of nitrogens with zero attached hydrogens (tertiary/aromatic N) is 2. The molecule has 1 aromatic carbocycles. The zero-order chi connectivity index (χ0) is 13.9. The van der Waals surface area contributed by atoms with Gasteiger partial charge in [0.2, 0.25) is 0 Å². The minimum Gasteiger partial charge on any atom is -0.302 e. The van der Waals surface area contributed by atoms with Crippen molar-refractivity contribution in [2.24, 2.45) is 0 Å². The van der Waals surface area contributed by atoms with Gasteiger partial charge in [0.15, 0.2) is 0 Å². The highest BCUT2D eigenvalue weighted by atomic mass is 16.1. The molecule has 0 amide bonds. The zero-order valence-corrected chi connectivity index (χ0v) is 12.2. The predicted octanol–water partition coefficient (Wildman–Crippen LogP) is 1.78. The van der Waals surface area contributed by atoms with Crippen LogP contribution < -0.4 is 0 Å². The van der Waals surface area contributed by atoms with Crippen LogP contribution >= 0.6 is 0 Å². The van der Waals surface area contributed by atoms with E-state index >= 15 is 0 Å². The van der Waals surface area contributed by atoms with Crippen molar-refractivity contribution in [3.63, 3.8) is 0 Å². The molecule has 2 rings (SSSR count). The van der Waals surface area contributed by atoms with E-state index in [-0.39, 0.29) is 0 Å². The Kier molecular flexibility index (Phi) is 4.38. The Morgan fingerprint density at radius 1 is 1.32 bits per heavy atom. The molecule has 0 N–H and O–H groups in total. The Morgan fingerprint density at radius 2 is 2.00 bits per heavy atom. The molecule has 0 radical (unpaired) electrons. The van der Waals surface area contributed by atoms with Crippen LogP contribution in [0.2, 0.25) is 0 Å². The van der Waals surface area contributed by atoms with Crippen molar-refractivity contribution in [3.05, 3.63) is 35.9 Å². The molecule has 0 saturated carbocycles. The summed E-state index contributed by atoms with van der Waals surface area (Å²) in [6.45, 7) is 8.23. The van der Waals surface area contributed by atoms with Crippen LogP contribution in [0.1, 0.15) is 19.4 Å². The molecule has 1 heterocycles. The summed E-state index contributed by atoms with van der Waals surface area (Å²) in [7, 11) is 2.16. The molecule has 3 nitrogen and oxygen atoms in total. The molecule has 0 aromatic heterocycles.